The molecule has 0 spiro atoms. The molecular weight excluding hydrogens is 247 g/mol. The molecule has 2 unspecified atom stereocenters. The Morgan fingerprint density at radius 1 is 1.28 bits per heavy atom. The fraction of sp³-hybridized carbons (Fsp3) is 0.917. The van der Waals surface area contributed by atoms with E-state index >= 15 is 0 Å². The van der Waals surface area contributed by atoms with Crippen LogP contribution < -0.4 is 0 Å². The first-order valence-corrected chi connectivity index (χ1v) is 6.22. The van der Waals surface area contributed by atoms with Gasteiger partial charge in [-0.1, -0.05) is 27.2 Å². The number of carboxylic acids is 1. The summed E-state index contributed by atoms with van der Waals surface area (Å²) in [5, 5.41) is 8.71. The topological polar surface area (TPSA) is 40.5 Å². The van der Waals surface area contributed by atoms with Crippen LogP contribution >= 0.6 is 0 Å². The fourth-order valence-corrected chi connectivity index (χ4v) is 1.92. The quantitative estimate of drug-likeness (QED) is 0.736. The highest BCUT2D eigenvalue weighted by atomic mass is 19.4. The summed E-state index contributed by atoms with van der Waals surface area (Å²) >= 11 is 0. The molecule has 0 saturated carbocycles. The minimum absolute atomic E-state index is 0.291. The number of rotatable bonds is 8. The van der Waals surface area contributed by atoms with E-state index in [1.165, 1.54) is 0 Å². The molecule has 0 fully saturated rings. The summed E-state index contributed by atoms with van der Waals surface area (Å²) in [5.74, 6) is -0.929. The molecule has 18 heavy (non-hydrogen) atoms. The molecular formula is C12H22F3NO2. The molecule has 0 heterocycles. The van der Waals surface area contributed by atoms with Gasteiger partial charge in [0.1, 0.15) is 0 Å². The molecule has 0 aromatic heterocycles. The van der Waals surface area contributed by atoms with Crippen molar-refractivity contribution in [1.29, 1.82) is 0 Å². The van der Waals surface area contributed by atoms with E-state index in [0.29, 0.717) is 18.8 Å². The van der Waals surface area contributed by atoms with E-state index in [1.54, 1.807) is 6.92 Å². The largest absolute Gasteiger partial charge is 0.480 e. The van der Waals surface area contributed by atoms with E-state index in [2.05, 4.69) is 0 Å². The van der Waals surface area contributed by atoms with Gasteiger partial charge in [-0.15, -0.1) is 0 Å². The number of hydrogen-bond donors (Lipinski definition) is 1. The Kier molecular flexibility index (Phi) is 7.28. The minimum Gasteiger partial charge on any atom is -0.480 e. The van der Waals surface area contributed by atoms with Gasteiger partial charge in [0.15, 0.2) is 0 Å². The van der Waals surface area contributed by atoms with Crippen molar-refractivity contribution in [3.63, 3.8) is 0 Å². The van der Waals surface area contributed by atoms with E-state index in [1.807, 2.05) is 13.8 Å². The zero-order chi connectivity index (χ0) is 14.3. The second kappa shape index (κ2) is 7.61. The first-order valence-electron chi connectivity index (χ1n) is 6.22. The zero-order valence-corrected chi connectivity index (χ0v) is 11.1. The third kappa shape index (κ3) is 7.53. The molecule has 3 nitrogen and oxygen atoms in total. The molecule has 0 aromatic carbocycles. The highest BCUT2D eigenvalue weighted by molar-refractivity contribution is 5.69. The molecule has 0 amide bonds. The number of hydrogen-bond acceptors (Lipinski definition) is 2. The number of carbonyl (C=O) groups is 1. The Morgan fingerprint density at radius 3 is 2.17 bits per heavy atom. The van der Waals surface area contributed by atoms with Crippen LogP contribution in [0.2, 0.25) is 0 Å². The third-order valence-corrected chi connectivity index (χ3v) is 3.08. The van der Waals surface area contributed by atoms with Gasteiger partial charge in [-0.2, -0.15) is 13.2 Å². The number of halogens is 3. The average Bonchev–Trinajstić information content (AvgIpc) is 2.21. The molecule has 0 aliphatic rings. The Bertz CT molecular complexity index is 256. The Morgan fingerprint density at radius 2 is 1.83 bits per heavy atom. The average molecular weight is 269 g/mol. The van der Waals surface area contributed by atoms with Crippen molar-refractivity contribution in [2.45, 2.75) is 52.3 Å². The summed E-state index contributed by atoms with van der Waals surface area (Å²) in [7, 11) is 0. The predicted molar refractivity (Wildman–Crippen MR) is 63.4 cm³/mol. The predicted octanol–water partition coefficient (Wildman–Crippen LogP) is 3.15. The number of alkyl halides is 3. The van der Waals surface area contributed by atoms with Crippen LogP contribution in [0.25, 0.3) is 0 Å². The molecule has 0 saturated heterocycles. The number of carboxylic acid groups (broad SMARTS) is 1. The summed E-state index contributed by atoms with van der Waals surface area (Å²) in [6, 6.07) is -0.335. The molecule has 108 valence electrons. The van der Waals surface area contributed by atoms with Crippen LogP contribution in [0.3, 0.4) is 0 Å². The van der Waals surface area contributed by atoms with Crippen LogP contribution in [-0.2, 0) is 4.79 Å². The van der Waals surface area contributed by atoms with Gasteiger partial charge in [-0.25, -0.2) is 0 Å². The van der Waals surface area contributed by atoms with Crippen molar-refractivity contribution in [2.75, 3.05) is 13.1 Å². The number of nitrogens with zero attached hydrogens (tertiary/aromatic N) is 1. The molecule has 0 radical (unpaired) electrons. The van der Waals surface area contributed by atoms with E-state index in [0.717, 1.165) is 11.3 Å². The minimum atomic E-state index is -4.36. The lowest BCUT2D eigenvalue weighted by molar-refractivity contribution is -0.159. The zero-order valence-electron chi connectivity index (χ0n) is 11.1. The maximum absolute atomic E-state index is 12.4. The van der Waals surface area contributed by atoms with E-state index in [-0.39, 0.29) is 6.04 Å². The Labute approximate surface area is 106 Å². The van der Waals surface area contributed by atoms with Crippen LogP contribution in [0.5, 0.6) is 0 Å². The lowest BCUT2D eigenvalue weighted by Gasteiger charge is -2.32. The summed E-state index contributed by atoms with van der Waals surface area (Å²) in [5.41, 5.74) is 0. The molecule has 2 atom stereocenters. The lowest BCUT2D eigenvalue weighted by atomic mass is 9.96. The van der Waals surface area contributed by atoms with Crippen LogP contribution in [0, 0.1) is 5.92 Å². The smallest absolute Gasteiger partial charge is 0.401 e. The first kappa shape index (κ1) is 17.2. The SMILES string of the molecule is CCC(C)CC(CC)N(CC(=O)O)CC(F)(F)F. The van der Waals surface area contributed by atoms with E-state index in [4.69, 9.17) is 5.11 Å². The second-order valence-electron chi connectivity index (χ2n) is 4.73. The van der Waals surface area contributed by atoms with Gasteiger partial charge in [0, 0.05) is 6.04 Å². The van der Waals surface area contributed by atoms with Gasteiger partial charge in [0.05, 0.1) is 13.1 Å². The van der Waals surface area contributed by atoms with Gasteiger partial charge < -0.3 is 5.11 Å². The monoisotopic (exact) mass is 269 g/mol. The Hall–Kier alpha value is -0.780. The van der Waals surface area contributed by atoms with Gasteiger partial charge in [0.25, 0.3) is 0 Å². The van der Waals surface area contributed by atoms with Crippen molar-refractivity contribution in [1.82, 2.24) is 4.90 Å². The summed E-state index contributed by atoms with van der Waals surface area (Å²) in [6.07, 6.45) is -2.37. The third-order valence-electron chi connectivity index (χ3n) is 3.08. The highest BCUT2D eigenvalue weighted by Crippen LogP contribution is 2.23. The van der Waals surface area contributed by atoms with Crippen molar-refractivity contribution >= 4 is 5.97 Å². The van der Waals surface area contributed by atoms with Gasteiger partial charge in [-0.3, -0.25) is 9.69 Å². The second-order valence-corrected chi connectivity index (χ2v) is 4.73. The first-order chi connectivity index (χ1) is 8.19. The van der Waals surface area contributed by atoms with Crippen molar-refractivity contribution in [3.05, 3.63) is 0 Å². The van der Waals surface area contributed by atoms with Crippen molar-refractivity contribution in [2.24, 2.45) is 5.92 Å². The molecule has 6 heteroatoms. The molecule has 0 rings (SSSR count). The maximum atomic E-state index is 12.4. The molecule has 0 aromatic rings. The van der Waals surface area contributed by atoms with E-state index in [9.17, 15) is 18.0 Å². The molecule has 0 bridgehead atoms. The van der Waals surface area contributed by atoms with Crippen molar-refractivity contribution < 1.29 is 23.1 Å². The van der Waals surface area contributed by atoms with E-state index < -0.39 is 25.2 Å². The van der Waals surface area contributed by atoms with Crippen LogP contribution in [-0.4, -0.2) is 41.3 Å². The maximum Gasteiger partial charge on any atom is 0.401 e. The fourth-order valence-electron chi connectivity index (χ4n) is 1.92. The lowest BCUT2D eigenvalue weighted by Crippen LogP contribution is -2.45. The summed E-state index contributed by atoms with van der Waals surface area (Å²) < 4.78 is 37.3. The van der Waals surface area contributed by atoms with Crippen LogP contribution in [0.4, 0.5) is 13.2 Å². The molecule has 1 N–H and O–H groups in total. The molecule has 0 aliphatic heterocycles. The van der Waals surface area contributed by atoms with Gasteiger partial charge in [0.2, 0.25) is 0 Å². The van der Waals surface area contributed by atoms with Gasteiger partial charge in [-0.05, 0) is 18.8 Å². The van der Waals surface area contributed by atoms with Crippen LogP contribution in [0.1, 0.15) is 40.0 Å². The Balaban J connectivity index is 4.72. The van der Waals surface area contributed by atoms with Gasteiger partial charge >= 0.3 is 12.1 Å². The van der Waals surface area contributed by atoms with Crippen LogP contribution in [0.15, 0.2) is 0 Å². The highest BCUT2D eigenvalue weighted by Gasteiger charge is 2.34. The summed E-state index contributed by atoms with van der Waals surface area (Å²) in [4.78, 5) is 11.7. The normalized spacial score (nSPS) is 15.7. The number of aliphatic carboxylic acids is 1. The summed E-state index contributed by atoms with van der Waals surface area (Å²) in [6.45, 7) is 4.01. The standard InChI is InChI=1S/C12H22F3NO2/c1-4-9(3)6-10(5-2)16(7-11(17)18)8-12(13,14)15/h9-10H,4-8H2,1-3H3,(H,17,18). The molecule has 0 aliphatic carbocycles. The van der Waals surface area contributed by atoms with Crippen molar-refractivity contribution in [3.8, 4) is 0 Å².